The van der Waals surface area contributed by atoms with E-state index in [1.165, 1.54) is 66.4 Å². The van der Waals surface area contributed by atoms with Gasteiger partial charge in [-0.05, 0) is 68.6 Å². The van der Waals surface area contributed by atoms with Crippen LogP contribution in [0.4, 0.5) is 11.5 Å². The Balaban J connectivity index is 1.18. The van der Waals surface area contributed by atoms with Gasteiger partial charge >= 0.3 is 6.01 Å². The molecule has 0 aliphatic carbocycles. The minimum atomic E-state index is 0.157. The van der Waals surface area contributed by atoms with Gasteiger partial charge in [-0.15, -0.1) is 0 Å². The standard InChI is InChI=1S/C32H38N6O2/c1-2-23-7-3-8-24-9-4-10-28(29(23)24)37-20-13-26-27(21-37)35-31(36-30(26)33-16-11-25-12-17-34-40-25)39-22-32-14-5-18-38(32)19-6-15-32/h3-4,7-10,12,17H,2,5-6,11,13-16,18-22H2,1H3,(H,33,35,36). The summed E-state index contributed by atoms with van der Waals surface area (Å²) in [5.41, 5.74) is 5.07. The molecular weight excluding hydrogens is 500 g/mol. The third-order valence-electron chi connectivity index (χ3n) is 9.17. The smallest absolute Gasteiger partial charge is 0.318 e. The zero-order chi connectivity index (χ0) is 26.9. The summed E-state index contributed by atoms with van der Waals surface area (Å²) in [6, 6.07) is 15.7. The van der Waals surface area contributed by atoms with E-state index in [1.807, 2.05) is 6.07 Å². The second-order valence-electron chi connectivity index (χ2n) is 11.5. The monoisotopic (exact) mass is 538 g/mol. The van der Waals surface area contributed by atoms with Crippen LogP contribution in [0.25, 0.3) is 10.8 Å². The number of hydrogen-bond donors (Lipinski definition) is 1. The van der Waals surface area contributed by atoms with Gasteiger partial charge < -0.3 is 19.5 Å². The Hall–Kier alpha value is -3.65. The van der Waals surface area contributed by atoms with Crippen molar-refractivity contribution in [3.8, 4) is 6.01 Å². The third-order valence-corrected chi connectivity index (χ3v) is 9.17. The Morgan fingerprint density at radius 2 is 1.88 bits per heavy atom. The maximum absolute atomic E-state index is 6.45. The first-order valence-corrected chi connectivity index (χ1v) is 14.9. The van der Waals surface area contributed by atoms with Gasteiger partial charge in [-0.2, -0.15) is 9.97 Å². The number of aryl methyl sites for hydroxylation is 1. The van der Waals surface area contributed by atoms with Gasteiger partial charge in [0.15, 0.2) is 0 Å². The molecule has 4 aromatic rings. The van der Waals surface area contributed by atoms with Crippen molar-refractivity contribution in [1.82, 2.24) is 20.0 Å². The Kier molecular flexibility index (Phi) is 6.79. The SMILES string of the molecule is CCc1cccc2cccc(N3CCc4c(nc(OCC56CCCN5CCC6)nc4NCCc4ccno4)C3)c12. The molecule has 208 valence electrons. The predicted octanol–water partition coefficient (Wildman–Crippen LogP) is 5.40. The summed E-state index contributed by atoms with van der Waals surface area (Å²) in [6.07, 6.45) is 9.23. The number of nitrogens with one attached hydrogen (secondary N) is 1. The summed E-state index contributed by atoms with van der Waals surface area (Å²) < 4.78 is 11.8. The van der Waals surface area contributed by atoms with Gasteiger partial charge in [0.1, 0.15) is 18.2 Å². The van der Waals surface area contributed by atoms with Crippen LogP contribution in [-0.2, 0) is 25.8 Å². The lowest BCUT2D eigenvalue weighted by Crippen LogP contribution is -2.43. The quantitative estimate of drug-likeness (QED) is 0.303. The van der Waals surface area contributed by atoms with Crippen LogP contribution >= 0.6 is 0 Å². The molecule has 0 unspecified atom stereocenters. The zero-order valence-electron chi connectivity index (χ0n) is 23.4. The van der Waals surface area contributed by atoms with Crippen molar-refractivity contribution in [2.75, 3.05) is 43.0 Å². The van der Waals surface area contributed by atoms with Gasteiger partial charge in [0.2, 0.25) is 0 Å². The molecule has 3 aliphatic rings. The van der Waals surface area contributed by atoms with Crippen molar-refractivity contribution >= 4 is 22.3 Å². The summed E-state index contributed by atoms with van der Waals surface area (Å²) in [6.45, 7) is 7.63. The molecule has 0 radical (unpaired) electrons. The average molecular weight is 539 g/mol. The van der Waals surface area contributed by atoms with E-state index in [9.17, 15) is 0 Å². The van der Waals surface area contributed by atoms with E-state index in [0.29, 0.717) is 19.2 Å². The molecule has 0 amide bonds. The second kappa shape index (κ2) is 10.7. The first-order chi connectivity index (χ1) is 19.7. The maximum atomic E-state index is 6.45. The first kappa shape index (κ1) is 25.3. The molecule has 8 heteroatoms. The van der Waals surface area contributed by atoms with Crippen molar-refractivity contribution in [3.05, 3.63) is 71.2 Å². The fourth-order valence-corrected chi connectivity index (χ4v) is 7.11. The number of fused-ring (bicyclic) bond motifs is 3. The topological polar surface area (TPSA) is 79.5 Å². The van der Waals surface area contributed by atoms with Crippen molar-refractivity contribution in [2.24, 2.45) is 0 Å². The number of nitrogens with zero attached hydrogens (tertiary/aromatic N) is 5. The Bertz CT molecular complexity index is 1470. The summed E-state index contributed by atoms with van der Waals surface area (Å²) in [5.74, 6) is 1.75. The highest BCUT2D eigenvalue weighted by Gasteiger charge is 2.45. The normalized spacial score (nSPS) is 18.2. The largest absolute Gasteiger partial charge is 0.461 e. The van der Waals surface area contributed by atoms with E-state index in [1.54, 1.807) is 6.20 Å². The molecule has 0 bridgehead atoms. The molecule has 40 heavy (non-hydrogen) atoms. The van der Waals surface area contributed by atoms with Crippen LogP contribution < -0.4 is 15.0 Å². The van der Waals surface area contributed by atoms with Crippen molar-refractivity contribution < 1.29 is 9.26 Å². The fourth-order valence-electron chi connectivity index (χ4n) is 7.11. The van der Waals surface area contributed by atoms with Crippen LogP contribution in [0.1, 0.15) is 55.2 Å². The Labute approximate surface area is 235 Å². The number of aromatic nitrogens is 3. The molecule has 1 N–H and O–H groups in total. The number of benzene rings is 2. The minimum absolute atomic E-state index is 0.157. The van der Waals surface area contributed by atoms with Gasteiger partial charge in [0.05, 0.1) is 24.0 Å². The van der Waals surface area contributed by atoms with Crippen LogP contribution in [0, 0.1) is 0 Å². The highest BCUT2D eigenvalue weighted by Crippen LogP contribution is 2.39. The molecule has 2 aromatic carbocycles. The van der Waals surface area contributed by atoms with Gasteiger partial charge in [-0.25, -0.2) is 0 Å². The third kappa shape index (κ3) is 4.68. The lowest BCUT2D eigenvalue weighted by atomic mass is 9.95. The summed E-state index contributed by atoms with van der Waals surface area (Å²) >= 11 is 0. The fraction of sp³-hybridized carbons (Fsp3) is 0.469. The van der Waals surface area contributed by atoms with E-state index >= 15 is 0 Å². The molecule has 7 rings (SSSR count). The molecule has 3 aliphatic heterocycles. The first-order valence-electron chi connectivity index (χ1n) is 14.9. The van der Waals surface area contributed by atoms with Crippen molar-refractivity contribution in [1.29, 1.82) is 0 Å². The van der Waals surface area contributed by atoms with E-state index in [0.717, 1.165) is 49.6 Å². The summed E-state index contributed by atoms with van der Waals surface area (Å²) in [5, 5.41) is 10.1. The molecule has 8 nitrogen and oxygen atoms in total. The van der Waals surface area contributed by atoms with E-state index in [2.05, 4.69) is 63.6 Å². The maximum Gasteiger partial charge on any atom is 0.318 e. The molecule has 2 aromatic heterocycles. The van der Waals surface area contributed by atoms with Crippen LogP contribution in [-0.4, -0.2) is 58.3 Å². The van der Waals surface area contributed by atoms with E-state index in [-0.39, 0.29) is 5.54 Å². The molecule has 2 saturated heterocycles. The average Bonchev–Trinajstić information content (AvgIpc) is 3.73. The number of ether oxygens (including phenoxy) is 1. The Morgan fingerprint density at radius 1 is 1.02 bits per heavy atom. The number of hydrogen-bond acceptors (Lipinski definition) is 8. The van der Waals surface area contributed by atoms with Crippen LogP contribution in [0.15, 0.2) is 53.2 Å². The van der Waals surface area contributed by atoms with Gasteiger partial charge in [0, 0.05) is 42.2 Å². The number of anilines is 2. The summed E-state index contributed by atoms with van der Waals surface area (Å²) in [4.78, 5) is 15.1. The Morgan fingerprint density at radius 3 is 2.67 bits per heavy atom. The van der Waals surface area contributed by atoms with E-state index < -0.39 is 0 Å². The highest BCUT2D eigenvalue weighted by atomic mass is 16.5. The van der Waals surface area contributed by atoms with Gasteiger partial charge in [-0.1, -0.05) is 42.4 Å². The molecule has 0 spiro atoms. The zero-order valence-corrected chi connectivity index (χ0v) is 23.4. The summed E-state index contributed by atoms with van der Waals surface area (Å²) in [7, 11) is 0. The molecule has 2 fully saturated rings. The molecule has 0 saturated carbocycles. The minimum Gasteiger partial charge on any atom is -0.461 e. The van der Waals surface area contributed by atoms with Crippen LogP contribution in [0.2, 0.25) is 0 Å². The number of rotatable bonds is 9. The molecule has 0 atom stereocenters. The van der Waals surface area contributed by atoms with E-state index in [4.69, 9.17) is 19.2 Å². The van der Waals surface area contributed by atoms with Crippen LogP contribution in [0.3, 0.4) is 0 Å². The lowest BCUT2D eigenvalue weighted by Gasteiger charge is -2.33. The van der Waals surface area contributed by atoms with Crippen LogP contribution in [0.5, 0.6) is 6.01 Å². The van der Waals surface area contributed by atoms with Crippen molar-refractivity contribution in [3.63, 3.8) is 0 Å². The predicted molar refractivity (Wildman–Crippen MR) is 157 cm³/mol. The second-order valence-corrected chi connectivity index (χ2v) is 11.5. The molecule has 5 heterocycles. The van der Waals surface area contributed by atoms with Gasteiger partial charge in [-0.3, -0.25) is 4.90 Å². The van der Waals surface area contributed by atoms with Crippen molar-refractivity contribution in [2.45, 2.75) is 64.0 Å². The highest BCUT2D eigenvalue weighted by molar-refractivity contribution is 5.97. The van der Waals surface area contributed by atoms with Gasteiger partial charge in [0.25, 0.3) is 0 Å². The molecular formula is C32H38N6O2. The lowest BCUT2D eigenvalue weighted by molar-refractivity contribution is 0.107.